The molecule has 0 unspecified atom stereocenters. The van der Waals surface area contributed by atoms with Crippen molar-refractivity contribution < 1.29 is 14.6 Å². The molecule has 4 nitrogen and oxygen atoms in total. The second-order valence-corrected chi connectivity index (χ2v) is 4.71. The van der Waals surface area contributed by atoms with Crippen LogP contribution in [0.5, 0.6) is 23.1 Å². The maximum atomic E-state index is 9.74. The topological polar surface area (TPSA) is 51.6 Å². The van der Waals surface area contributed by atoms with Crippen LogP contribution in [0.4, 0.5) is 0 Å². The first-order valence-electron chi connectivity index (χ1n) is 6.58. The van der Waals surface area contributed by atoms with Gasteiger partial charge in [-0.25, -0.2) is 4.98 Å². The second kappa shape index (κ2) is 5.32. The highest BCUT2D eigenvalue weighted by Gasteiger charge is 2.09. The molecule has 3 aromatic rings. The first kappa shape index (κ1) is 13.2. The van der Waals surface area contributed by atoms with E-state index in [1.807, 2.05) is 24.3 Å². The Balaban J connectivity index is 2.06. The van der Waals surface area contributed by atoms with Crippen molar-refractivity contribution in [1.82, 2.24) is 4.98 Å². The van der Waals surface area contributed by atoms with Crippen molar-refractivity contribution in [1.29, 1.82) is 0 Å². The van der Waals surface area contributed by atoms with Crippen LogP contribution in [0, 0.1) is 6.92 Å². The molecule has 0 bridgehead atoms. The van der Waals surface area contributed by atoms with Crippen molar-refractivity contribution >= 4 is 10.8 Å². The van der Waals surface area contributed by atoms with Crippen LogP contribution in [-0.2, 0) is 0 Å². The molecule has 1 heterocycles. The Morgan fingerprint density at radius 3 is 2.76 bits per heavy atom. The molecule has 106 valence electrons. The van der Waals surface area contributed by atoms with E-state index >= 15 is 0 Å². The summed E-state index contributed by atoms with van der Waals surface area (Å²) in [6.07, 6.45) is 1.69. The third-order valence-corrected chi connectivity index (χ3v) is 3.40. The van der Waals surface area contributed by atoms with Crippen molar-refractivity contribution in [2.75, 3.05) is 7.11 Å². The summed E-state index contributed by atoms with van der Waals surface area (Å²) in [6.45, 7) is 1.80. The molecule has 3 rings (SSSR count). The van der Waals surface area contributed by atoms with E-state index in [1.165, 1.54) is 0 Å². The van der Waals surface area contributed by atoms with Crippen LogP contribution in [-0.4, -0.2) is 17.2 Å². The van der Waals surface area contributed by atoms with Gasteiger partial charge in [0.1, 0.15) is 17.2 Å². The minimum Gasteiger partial charge on any atom is -0.508 e. The summed E-state index contributed by atoms with van der Waals surface area (Å²) in [5.74, 6) is 2.08. The van der Waals surface area contributed by atoms with Crippen LogP contribution < -0.4 is 9.47 Å². The number of benzene rings is 2. The SMILES string of the molecule is COc1ccc2c(Oc3cccc(O)c3C)nccc2c1. The van der Waals surface area contributed by atoms with E-state index in [4.69, 9.17) is 9.47 Å². The van der Waals surface area contributed by atoms with Crippen LogP contribution in [0.3, 0.4) is 0 Å². The first-order valence-corrected chi connectivity index (χ1v) is 6.58. The first-order chi connectivity index (χ1) is 10.2. The van der Waals surface area contributed by atoms with Crippen molar-refractivity contribution in [2.45, 2.75) is 6.92 Å². The fraction of sp³-hybridized carbons (Fsp3) is 0.118. The second-order valence-electron chi connectivity index (χ2n) is 4.71. The van der Waals surface area contributed by atoms with Crippen molar-refractivity contribution in [3.8, 4) is 23.1 Å². The van der Waals surface area contributed by atoms with Crippen LogP contribution in [0.15, 0.2) is 48.7 Å². The molecule has 0 aliphatic carbocycles. The standard InChI is InChI=1S/C17H15NO3/c1-11-15(19)4-3-5-16(11)21-17-14-7-6-13(20-2)10-12(14)8-9-18-17/h3-10,19H,1-2H3. The van der Waals surface area contributed by atoms with Crippen molar-refractivity contribution in [3.63, 3.8) is 0 Å². The van der Waals surface area contributed by atoms with E-state index in [9.17, 15) is 5.11 Å². The number of hydrogen-bond acceptors (Lipinski definition) is 4. The number of aromatic nitrogens is 1. The van der Waals surface area contributed by atoms with E-state index < -0.39 is 0 Å². The summed E-state index contributed by atoms with van der Waals surface area (Å²) in [6, 6.07) is 12.8. The Hall–Kier alpha value is -2.75. The number of rotatable bonds is 3. The minimum atomic E-state index is 0.203. The van der Waals surface area contributed by atoms with E-state index in [0.717, 1.165) is 16.5 Å². The number of ether oxygens (including phenoxy) is 2. The van der Waals surface area contributed by atoms with Gasteiger partial charge in [0, 0.05) is 17.1 Å². The maximum absolute atomic E-state index is 9.74. The average molecular weight is 281 g/mol. The molecule has 1 N–H and O–H groups in total. The van der Waals surface area contributed by atoms with E-state index in [0.29, 0.717) is 17.2 Å². The number of methoxy groups -OCH3 is 1. The summed E-state index contributed by atoms with van der Waals surface area (Å²) in [7, 11) is 1.63. The zero-order valence-corrected chi connectivity index (χ0v) is 11.8. The minimum absolute atomic E-state index is 0.203. The molecule has 0 saturated carbocycles. The molecular weight excluding hydrogens is 266 g/mol. The number of fused-ring (bicyclic) bond motifs is 1. The van der Waals surface area contributed by atoms with Gasteiger partial charge >= 0.3 is 0 Å². The number of nitrogens with zero attached hydrogens (tertiary/aromatic N) is 1. The van der Waals surface area contributed by atoms with Gasteiger partial charge in [0.05, 0.1) is 7.11 Å². The summed E-state index contributed by atoms with van der Waals surface area (Å²) >= 11 is 0. The molecule has 0 spiro atoms. The lowest BCUT2D eigenvalue weighted by Crippen LogP contribution is -1.92. The lowest BCUT2D eigenvalue weighted by Gasteiger charge is -2.11. The number of phenolic OH excluding ortho intramolecular Hbond substituents is 1. The monoisotopic (exact) mass is 281 g/mol. The summed E-state index contributed by atoms with van der Waals surface area (Å²) in [4.78, 5) is 4.28. The Morgan fingerprint density at radius 2 is 1.95 bits per heavy atom. The number of pyridine rings is 1. The fourth-order valence-electron chi connectivity index (χ4n) is 2.15. The van der Waals surface area contributed by atoms with Gasteiger partial charge in [0.25, 0.3) is 0 Å². The largest absolute Gasteiger partial charge is 0.508 e. The van der Waals surface area contributed by atoms with Crippen LogP contribution >= 0.6 is 0 Å². The van der Waals surface area contributed by atoms with Gasteiger partial charge in [0.2, 0.25) is 5.88 Å². The molecule has 0 aliphatic heterocycles. The van der Waals surface area contributed by atoms with Gasteiger partial charge in [-0.2, -0.15) is 0 Å². The summed E-state index contributed by atoms with van der Waals surface area (Å²) < 4.78 is 11.1. The molecule has 2 aromatic carbocycles. The lowest BCUT2D eigenvalue weighted by molar-refractivity contribution is 0.415. The van der Waals surface area contributed by atoms with Crippen LogP contribution in [0.2, 0.25) is 0 Å². The zero-order chi connectivity index (χ0) is 14.8. The van der Waals surface area contributed by atoms with Gasteiger partial charge in [-0.1, -0.05) is 6.07 Å². The van der Waals surface area contributed by atoms with Crippen molar-refractivity contribution in [3.05, 3.63) is 54.2 Å². The molecule has 0 aliphatic rings. The Bertz CT molecular complexity index is 799. The molecule has 0 saturated heterocycles. The molecule has 0 amide bonds. The third-order valence-electron chi connectivity index (χ3n) is 3.40. The maximum Gasteiger partial charge on any atom is 0.227 e. The smallest absolute Gasteiger partial charge is 0.227 e. The van der Waals surface area contributed by atoms with Gasteiger partial charge in [-0.05, 0) is 48.7 Å². The summed E-state index contributed by atoms with van der Waals surface area (Å²) in [5.41, 5.74) is 0.685. The lowest BCUT2D eigenvalue weighted by atomic mass is 10.1. The summed E-state index contributed by atoms with van der Waals surface area (Å²) in [5, 5.41) is 11.6. The van der Waals surface area contributed by atoms with Crippen molar-refractivity contribution in [2.24, 2.45) is 0 Å². The van der Waals surface area contributed by atoms with Gasteiger partial charge < -0.3 is 14.6 Å². The normalized spacial score (nSPS) is 10.6. The number of aromatic hydroxyl groups is 1. The number of hydrogen-bond donors (Lipinski definition) is 1. The highest BCUT2D eigenvalue weighted by atomic mass is 16.5. The highest BCUT2D eigenvalue weighted by molar-refractivity contribution is 5.88. The van der Waals surface area contributed by atoms with Crippen LogP contribution in [0.1, 0.15) is 5.56 Å². The predicted molar refractivity (Wildman–Crippen MR) is 81.2 cm³/mol. The van der Waals surface area contributed by atoms with E-state index in [-0.39, 0.29) is 5.75 Å². The Labute approximate surface area is 122 Å². The molecule has 4 heteroatoms. The van der Waals surface area contributed by atoms with Crippen LogP contribution in [0.25, 0.3) is 10.8 Å². The molecule has 0 fully saturated rings. The number of phenols is 1. The predicted octanol–water partition coefficient (Wildman–Crippen LogP) is 4.05. The van der Waals surface area contributed by atoms with Gasteiger partial charge in [-0.3, -0.25) is 0 Å². The molecule has 0 radical (unpaired) electrons. The zero-order valence-electron chi connectivity index (χ0n) is 11.8. The van der Waals surface area contributed by atoms with Gasteiger partial charge in [0.15, 0.2) is 0 Å². The van der Waals surface area contributed by atoms with Gasteiger partial charge in [-0.15, -0.1) is 0 Å². The van der Waals surface area contributed by atoms with E-state index in [2.05, 4.69) is 4.98 Å². The molecule has 21 heavy (non-hydrogen) atoms. The molecule has 1 aromatic heterocycles. The van der Waals surface area contributed by atoms with E-state index in [1.54, 1.807) is 38.4 Å². The third kappa shape index (κ3) is 2.48. The fourth-order valence-corrected chi connectivity index (χ4v) is 2.15. The quantitative estimate of drug-likeness (QED) is 0.787. The Morgan fingerprint density at radius 1 is 1.10 bits per heavy atom. The molecular formula is C17H15NO3. The highest BCUT2D eigenvalue weighted by Crippen LogP contribution is 2.33. The average Bonchev–Trinajstić information content (AvgIpc) is 2.51. The Kier molecular flexibility index (Phi) is 3.36. The molecule has 0 atom stereocenters.